The molecule has 1 aliphatic heterocycles. The summed E-state index contributed by atoms with van der Waals surface area (Å²) in [6.45, 7) is 6.91. The van der Waals surface area contributed by atoms with E-state index in [-0.39, 0.29) is 27.1 Å². The molecule has 1 aromatic carbocycles. The predicted molar refractivity (Wildman–Crippen MR) is 122 cm³/mol. The van der Waals surface area contributed by atoms with Gasteiger partial charge in [0.2, 0.25) is 5.95 Å². The summed E-state index contributed by atoms with van der Waals surface area (Å²) < 4.78 is 29.6. The van der Waals surface area contributed by atoms with Crippen LogP contribution in [-0.2, 0) is 14.2 Å². The van der Waals surface area contributed by atoms with Crippen molar-refractivity contribution in [3.63, 3.8) is 0 Å². The summed E-state index contributed by atoms with van der Waals surface area (Å²) in [5.74, 6) is -0.00510. The highest BCUT2D eigenvalue weighted by molar-refractivity contribution is 6.43. The lowest BCUT2D eigenvalue weighted by molar-refractivity contribution is 0.0192. The second kappa shape index (κ2) is 12.4. The van der Waals surface area contributed by atoms with Crippen molar-refractivity contribution in [3.05, 3.63) is 28.0 Å². The fourth-order valence-corrected chi connectivity index (χ4v) is 3.62. The van der Waals surface area contributed by atoms with Crippen LogP contribution in [0.1, 0.15) is 0 Å². The molecule has 0 atom stereocenters. The molecule has 1 saturated heterocycles. The van der Waals surface area contributed by atoms with E-state index in [1.54, 1.807) is 7.11 Å². The van der Waals surface area contributed by atoms with E-state index in [4.69, 9.17) is 43.1 Å². The highest BCUT2D eigenvalue weighted by Gasteiger charge is 2.21. The lowest BCUT2D eigenvalue weighted by Gasteiger charge is -2.34. The second-order valence-electron chi connectivity index (χ2n) is 7.14. The van der Waals surface area contributed by atoms with Gasteiger partial charge in [-0.1, -0.05) is 23.2 Å². The van der Waals surface area contributed by atoms with Gasteiger partial charge in [0, 0.05) is 45.4 Å². The van der Waals surface area contributed by atoms with Gasteiger partial charge in [0.15, 0.2) is 5.82 Å². The van der Waals surface area contributed by atoms with Gasteiger partial charge in [-0.2, -0.15) is 4.98 Å². The van der Waals surface area contributed by atoms with Gasteiger partial charge in [-0.15, -0.1) is 10.2 Å². The number of nitrogen functional groups attached to an aromatic ring is 1. The minimum atomic E-state index is -0.543. The Balaban J connectivity index is 1.47. The number of nitrogens with two attached hydrogens (primary N) is 1. The molecule has 0 bridgehead atoms. The molecule has 32 heavy (non-hydrogen) atoms. The van der Waals surface area contributed by atoms with Crippen molar-refractivity contribution in [1.29, 1.82) is 0 Å². The zero-order valence-corrected chi connectivity index (χ0v) is 19.4. The maximum atomic E-state index is 13.7. The van der Waals surface area contributed by atoms with Crippen LogP contribution >= 0.6 is 23.2 Å². The molecule has 1 aromatic heterocycles. The number of rotatable bonds is 11. The predicted octanol–water partition coefficient (Wildman–Crippen LogP) is 2.37. The van der Waals surface area contributed by atoms with Crippen LogP contribution in [0.25, 0.3) is 11.3 Å². The molecule has 9 nitrogen and oxygen atoms in total. The van der Waals surface area contributed by atoms with Crippen LogP contribution in [0.3, 0.4) is 0 Å². The summed E-state index contributed by atoms with van der Waals surface area (Å²) in [5.41, 5.74) is 6.54. The van der Waals surface area contributed by atoms with Crippen molar-refractivity contribution >= 4 is 35.0 Å². The van der Waals surface area contributed by atoms with Gasteiger partial charge >= 0.3 is 0 Å². The van der Waals surface area contributed by atoms with E-state index in [2.05, 4.69) is 20.1 Å². The first-order valence-corrected chi connectivity index (χ1v) is 11.0. The summed E-state index contributed by atoms with van der Waals surface area (Å²) in [7, 11) is 1.64. The smallest absolute Gasteiger partial charge is 0.247 e. The van der Waals surface area contributed by atoms with E-state index in [1.165, 1.54) is 6.07 Å². The van der Waals surface area contributed by atoms with Crippen LogP contribution in [0.4, 0.5) is 16.2 Å². The highest BCUT2D eigenvalue weighted by atomic mass is 35.5. The number of hydrogen-bond acceptors (Lipinski definition) is 9. The fourth-order valence-electron chi connectivity index (χ4n) is 3.21. The summed E-state index contributed by atoms with van der Waals surface area (Å²) >= 11 is 12.1. The van der Waals surface area contributed by atoms with Crippen LogP contribution in [0.2, 0.25) is 10.0 Å². The first-order valence-electron chi connectivity index (χ1n) is 10.3. The quantitative estimate of drug-likeness (QED) is 0.377. The number of benzene rings is 1. The number of hydrogen-bond donors (Lipinski definition) is 1. The van der Waals surface area contributed by atoms with Crippen molar-refractivity contribution in [2.45, 2.75) is 0 Å². The minimum Gasteiger partial charge on any atom is -0.382 e. The maximum absolute atomic E-state index is 13.7. The SMILES string of the molecule is COCCOCCOCCN1CCN(c2nnc(-c3cc(F)cc(Cl)c3Cl)c(N)n2)CC1. The summed E-state index contributed by atoms with van der Waals surface area (Å²) in [4.78, 5) is 8.67. The molecule has 2 heterocycles. The zero-order valence-electron chi connectivity index (χ0n) is 17.9. The lowest BCUT2D eigenvalue weighted by atomic mass is 10.1. The van der Waals surface area contributed by atoms with E-state index in [9.17, 15) is 4.39 Å². The average Bonchev–Trinajstić information content (AvgIpc) is 2.78. The Labute approximate surface area is 196 Å². The topological polar surface area (TPSA) is 98.9 Å². The first kappa shape index (κ1) is 24.8. The van der Waals surface area contributed by atoms with E-state index in [0.717, 1.165) is 38.8 Å². The maximum Gasteiger partial charge on any atom is 0.247 e. The molecule has 0 aliphatic carbocycles. The highest BCUT2D eigenvalue weighted by Crippen LogP contribution is 2.35. The number of methoxy groups -OCH3 is 1. The standard InChI is InChI=1S/C20H27Cl2FN6O3/c1-30-8-9-32-11-10-31-7-6-28-2-4-29(5-3-28)20-25-19(24)18(26-27-20)15-12-14(23)13-16(21)17(15)22/h12-13H,2-11H2,1H3,(H2,24,25,27). The van der Waals surface area contributed by atoms with Gasteiger partial charge < -0.3 is 24.8 Å². The molecule has 0 unspecified atom stereocenters. The number of anilines is 2. The Kier molecular flexibility index (Phi) is 9.64. The van der Waals surface area contributed by atoms with Crippen LogP contribution in [0.5, 0.6) is 0 Å². The van der Waals surface area contributed by atoms with Crippen LogP contribution in [0.15, 0.2) is 12.1 Å². The monoisotopic (exact) mass is 488 g/mol. The number of ether oxygens (including phenoxy) is 3. The lowest BCUT2D eigenvalue weighted by Crippen LogP contribution is -2.48. The number of nitrogens with zero attached hydrogens (tertiary/aromatic N) is 5. The summed E-state index contributed by atoms with van der Waals surface area (Å²) in [6, 6.07) is 2.34. The Morgan fingerprint density at radius 1 is 1.00 bits per heavy atom. The van der Waals surface area contributed by atoms with Crippen molar-refractivity contribution in [1.82, 2.24) is 20.1 Å². The summed E-state index contributed by atoms with van der Waals surface area (Å²) in [5, 5.41) is 8.55. The molecular weight excluding hydrogens is 462 g/mol. The van der Waals surface area contributed by atoms with E-state index >= 15 is 0 Å². The largest absolute Gasteiger partial charge is 0.382 e. The third-order valence-corrected chi connectivity index (χ3v) is 5.76. The normalized spacial score (nSPS) is 14.8. The molecule has 0 spiro atoms. The Morgan fingerprint density at radius 3 is 2.38 bits per heavy atom. The van der Waals surface area contributed by atoms with E-state index in [0.29, 0.717) is 39.0 Å². The van der Waals surface area contributed by atoms with Gasteiger partial charge in [0.25, 0.3) is 0 Å². The molecule has 2 aromatic rings. The molecule has 3 rings (SSSR count). The molecule has 0 radical (unpaired) electrons. The first-order chi connectivity index (χ1) is 15.5. The Bertz CT molecular complexity index is 887. The van der Waals surface area contributed by atoms with Crippen molar-refractivity contribution in [3.8, 4) is 11.3 Å². The molecule has 1 aliphatic rings. The Hall–Kier alpha value is -1.82. The molecular formula is C20H27Cl2FN6O3. The third-order valence-electron chi connectivity index (χ3n) is 4.96. The van der Waals surface area contributed by atoms with Gasteiger partial charge in [-0.25, -0.2) is 4.39 Å². The third kappa shape index (κ3) is 6.84. The van der Waals surface area contributed by atoms with Gasteiger partial charge in [-0.3, -0.25) is 4.90 Å². The summed E-state index contributed by atoms with van der Waals surface area (Å²) in [6.07, 6.45) is 0. The molecule has 176 valence electrons. The number of aromatic nitrogens is 3. The van der Waals surface area contributed by atoms with Crippen LogP contribution in [0, 0.1) is 5.82 Å². The zero-order chi connectivity index (χ0) is 22.9. The van der Waals surface area contributed by atoms with Gasteiger partial charge in [0.05, 0.1) is 43.1 Å². The molecule has 12 heteroatoms. The fraction of sp³-hybridized carbons (Fsp3) is 0.550. The van der Waals surface area contributed by atoms with E-state index < -0.39 is 5.82 Å². The number of halogens is 3. The van der Waals surface area contributed by atoms with Crippen molar-refractivity contribution in [2.24, 2.45) is 0 Å². The number of piperazine rings is 1. The van der Waals surface area contributed by atoms with E-state index in [1.807, 2.05) is 4.90 Å². The van der Waals surface area contributed by atoms with Crippen molar-refractivity contribution < 1.29 is 18.6 Å². The second-order valence-corrected chi connectivity index (χ2v) is 7.93. The molecule has 0 saturated carbocycles. The van der Waals surface area contributed by atoms with Crippen LogP contribution in [-0.4, -0.2) is 92.9 Å². The van der Waals surface area contributed by atoms with Crippen molar-refractivity contribution in [2.75, 3.05) is 83.5 Å². The minimum absolute atomic E-state index is 0.0747. The van der Waals surface area contributed by atoms with Crippen LogP contribution < -0.4 is 10.6 Å². The van der Waals surface area contributed by atoms with Gasteiger partial charge in [0.1, 0.15) is 11.5 Å². The Morgan fingerprint density at radius 2 is 1.69 bits per heavy atom. The van der Waals surface area contributed by atoms with Gasteiger partial charge in [-0.05, 0) is 12.1 Å². The molecule has 2 N–H and O–H groups in total. The average molecular weight is 489 g/mol. The molecule has 1 fully saturated rings. The molecule has 0 amide bonds.